The molecule has 1 rings (SSSR count). The third-order valence-corrected chi connectivity index (χ3v) is 3.24. The van der Waals surface area contributed by atoms with E-state index in [9.17, 15) is 22.0 Å². The maximum absolute atomic E-state index is 14.7. The smallest absolute Gasteiger partial charge is 0.247 e. The molecule has 0 spiro atoms. The molecule has 0 bridgehead atoms. The number of hydrogen-bond donors (Lipinski definition) is 0. The van der Waals surface area contributed by atoms with Gasteiger partial charge in [-0.3, -0.25) is 0 Å². The summed E-state index contributed by atoms with van der Waals surface area (Å²) >= 11 is 0. The number of nitrogens with zero attached hydrogens (tertiary/aromatic N) is 1. The van der Waals surface area contributed by atoms with Crippen molar-refractivity contribution >= 4 is 0 Å². The van der Waals surface area contributed by atoms with Gasteiger partial charge in [-0.25, -0.2) is 8.78 Å². The average Bonchev–Trinajstić information content (AvgIpc) is 2.93. The third-order valence-electron chi connectivity index (χ3n) is 3.24. The molecule has 0 heterocycles. The molecule has 0 N–H and O–H groups in total. The Bertz CT molecular complexity index is 314. The van der Waals surface area contributed by atoms with Crippen molar-refractivity contribution in [1.29, 1.82) is 0 Å². The molecule has 3 atom stereocenters. The third kappa shape index (κ3) is 2.84. The Kier molecular flexibility index (Phi) is 4.41. The predicted molar refractivity (Wildman–Crippen MR) is 59.3 cm³/mol. The van der Waals surface area contributed by atoms with Crippen molar-refractivity contribution in [3.8, 4) is 0 Å². The van der Waals surface area contributed by atoms with E-state index in [0.29, 0.717) is 6.42 Å². The number of unbranched alkanes of at least 4 members (excludes halogenated alkanes) is 1. The van der Waals surface area contributed by atoms with Crippen LogP contribution in [-0.4, -0.2) is 29.7 Å². The first-order valence-electron chi connectivity index (χ1n) is 5.99. The van der Waals surface area contributed by atoms with E-state index < -0.39 is 30.7 Å². The van der Waals surface area contributed by atoms with Gasteiger partial charge in [0.05, 0.1) is 0 Å². The summed E-state index contributed by atoms with van der Waals surface area (Å²) in [5.74, 6) is -4.08. The Balaban J connectivity index is 3.02. The zero-order chi connectivity index (χ0) is 14.1. The molecule has 0 radical (unpaired) electrons. The standard InChI is InChI=1S/C12H18F5N/c1-4-5-6-18(12(15,16)17)11(14,8(2)3)9-7-10(9)13/h9-10H,2,4-7H2,1,3H3. The first-order chi connectivity index (χ1) is 8.15. The van der Waals surface area contributed by atoms with Gasteiger partial charge in [0.25, 0.3) is 0 Å². The molecule has 1 aliphatic carbocycles. The van der Waals surface area contributed by atoms with Crippen LogP contribution in [0.1, 0.15) is 33.1 Å². The minimum atomic E-state index is -4.83. The lowest BCUT2D eigenvalue weighted by Crippen LogP contribution is -2.55. The van der Waals surface area contributed by atoms with Crippen LogP contribution in [0.2, 0.25) is 0 Å². The molecule has 6 heteroatoms. The minimum Gasteiger partial charge on any atom is -0.247 e. The van der Waals surface area contributed by atoms with Gasteiger partial charge in [0.1, 0.15) is 6.17 Å². The Morgan fingerprint density at radius 1 is 1.33 bits per heavy atom. The maximum atomic E-state index is 14.7. The summed E-state index contributed by atoms with van der Waals surface area (Å²) in [6, 6.07) is 0. The Morgan fingerprint density at radius 2 is 1.83 bits per heavy atom. The molecular weight excluding hydrogens is 253 g/mol. The summed E-state index contributed by atoms with van der Waals surface area (Å²) in [7, 11) is 0. The van der Waals surface area contributed by atoms with E-state index in [1.807, 2.05) is 0 Å². The number of rotatable bonds is 6. The summed E-state index contributed by atoms with van der Waals surface area (Å²) in [5, 5.41) is 0. The summed E-state index contributed by atoms with van der Waals surface area (Å²) < 4.78 is 66.5. The van der Waals surface area contributed by atoms with Gasteiger partial charge in [-0.2, -0.15) is 18.1 Å². The highest BCUT2D eigenvalue weighted by Gasteiger charge is 2.63. The molecule has 1 nitrogen and oxygen atoms in total. The lowest BCUT2D eigenvalue weighted by molar-refractivity contribution is -0.297. The second-order valence-corrected chi connectivity index (χ2v) is 4.78. The highest BCUT2D eigenvalue weighted by atomic mass is 19.4. The molecule has 3 unspecified atom stereocenters. The van der Waals surface area contributed by atoms with Crippen molar-refractivity contribution in [2.45, 2.75) is 51.4 Å². The second kappa shape index (κ2) is 5.15. The van der Waals surface area contributed by atoms with Crippen molar-refractivity contribution in [3.63, 3.8) is 0 Å². The van der Waals surface area contributed by atoms with Crippen LogP contribution in [0.3, 0.4) is 0 Å². The number of halogens is 5. The molecule has 18 heavy (non-hydrogen) atoms. The van der Waals surface area contributed by atoms with E-state index >= 15 is 0 Å². The number of hydrogen-bond acceptors (Lipinski definition) is 1. The molecule has 0 aromatic carbocycles. The molecule has 0 amide bonds. The van der Waals surface area contributed by atoms with Crippen LogP contribution < -0.4 is 0 Å². The zero-order valence-corrected chi connectivity index (χ0v) is 10.5. The topological polar surface area (TPSA) is 3.24 Å². The van der Waals surface area contributed by atoms with Gasteiger partial charge < -0.3 is 0 Å². The first kappa shape index (κ1) is 15.4. The fraction of sp³-hybridized carbons (Fsp3) is 0.833. The summed E-state index contributed by atoms with van der Waals surface area (Å²) in [6.07, 6.45) is -5.82. The first-order valence-corrected chi connectivity index (χ1v) is 5.99. The van der Waals surface area contributed by atoms with Gasteiger partial charge in [0.2, 0.25) is 0 Å². The second-order valence-electron chi connectivity index (χ2n) is 4.78. The maximum Gasteiger partial charge on any atom is 0.462 e. The van der Waals surface area contributed by atoms with Crippen LogP contribution >= 0.6 is 0 Å². The fourth-order valence-corrected chi connectivity index (χ4v) is 2.10. The van der Waals surface area contributed by atoms with Crippen molar-refractivity contribution in [3.05, 3.63) is 12.2 Å². The van der Waals surface area contributed by atoms with E-state index in [2.05, 4.69) is 6.58 Å². The number of alkyl halides is 5. The Labute approximate surface area is 104 Å². The van der Waals surface area contributed by atoms with Gasteiger partial charge >= 0.3 is 6.30 Å². The fourth-order valence-electron chi connectivity index (χ4n) is 2.10. The summed E-state index contributed by atoms with van der Waals surface area (Å²) in [5.41, 5.74) is -0.291. The highest BCUT2D eigenvalue weighted by Crippen LogP contribution is 2.52. The average molecular weight is 271 g/mol. The molecule has 0 aliphatic heterocycles. The quantitative estimate of drug-likeness (QED) is 0.397. The van der Waals surface area contributed by atoms with E-state index in [1.54, 1.807) is 6.92 Å². The van der Waals surface area contributed by atoms with Crippen LogP contribution in [0.25, 0.3) is 0 Å². The van der Waals surface area contributed by atoms with Crippen LogP contribution in [0.4, 0.5) is 22.0 Å². The molecule has 1 aliphatic rings. The van der Waals surface area contributed by atoms with E-state index in [-0.39, 0.29) is 23.3 Å². The van der Waals surface area contributed by atoms with Crippen molar-refractivity contribution < 1.29 is 22.0 Å². The van der Waals surface area contributed by atoms with E-state index in [0.717, 1.165) is 0 Å². The van der Waals surface area contributed by atoms with Crippen LogP contribution in [0, 0.1) is 5.92 Å². The molecule has 0 saturated heterocycles. The van der Waals surface area contributed by atoms with E-state index in [4.69, 9.17) is 0 Å². The summed E-state index contributed by atoms with van der Waals surface area (Å²) in [6.45, 7) is 5.69. The van der Waals surface area contributed by atoms with Crippen LogP contribution in [0.15, 0.2) is 12.2 Å². The van der Waals surface area contributed by atoms with Crippen molar-refractivity contribution in [2.24, 2.45) is 5.92 Å². The highest BCUT2D eigenvalue weighted by molar-refractivity contribution is 5.18. The van der Waals surface area contributed by atoms with Crippen molar-refractivity contribution in [2.75, 3.05) is 6.54 Å². The van der Waals surface area contributed by atoms with Gasteiger partial charge in [0.15, 0.2) is 5.79 Å². The molecule has 106 valence electrons. The van der Waals surface area contributed by atoms with Crippen LogP contribution in [-0.2, 0) is 0 Å². The monoisotopic (exact) mass is 271 g/mol. The Morgan fingerprint density at radius 3 is 2.11 bits per heavy atom. The Hall–Kier alpha value is -0.650. The van der Waals surface area contributed by atoms with Gasteiger partial charge in [-0.1, -0.05) is 19.9 Å². The van der Waals surface area contributed by atoms with E-state index in [1.165, 1.54) is 6.92 Å². The molecule has 1 fully saturated rings. The SMILES string of the molecule is C=C(C)C(F)(C1CC1F)N(CCCC)C(F)(F)F. The normalized spacial score (nSPS) is 27.1. The molecular formula is C12H18F5N. The lowest BCUT2D eigenvalue weighted by atomic mass is 9.99. The molecule has 0 aromatic rings. The van der Waals surface area contributed by atoms with Gasteiger partial charge in [0, 0.05) is 12.5 Å². The molecule has 1 saturated carbocycles. The van der Waals surface area contributed by atoms with Crippen molar-refractivity contribution in [1.82, 2.24) is 4.90 Å². The minimum absolute atomic E-state index is 0.179. The largest absolute Gasteiger partial charge is 0.462 e. The zero-order valence-electron chi connectivity index (χ0n) is 10.5. The van der Waals surface area contributed by atoms with Crippen LogP contribution in [0.5, 0.6) is 0 Å². The summed E-state index contributed by atoms with van der Waals surface area (Å²) in [4.78, 5) is -0.198. The predicted octanol–water partition coefficient (Wildman–Crippen LogP) is 4.21. The van der Waals surface area contributed by atoms with Gasteiger partial charge in [-0.05, 0) is 25.3 Å². The van der Waals surface area contributed by atoms with Gasteiger partial charge in [-0.15, -0.1) is 0 Å². The molecule has 0 aromatic heterocycles. The lowest BCUT2D eigenvalue weighted by Gasteiger charge is -2.39.